The van der Waals surface area contributed by atoms with Gasteiger partial charge in [-0.2, -0.15) is 11.8 Å². The highest BCUT2D eigenvalue weighted by molar-refractivity contribution is 7.98. The van der Waals surface area contributed by atoms with Gasteiger partial charge in [0.05, 0.1) is 12.2 Å². The summed E-state index contributed by atoms with van der Waals surface area (Å²) in [6.07, 6.45) is 8.28. The van der Waals surface area contributed by atoms with Crippen molar-refractivity contribution in [2.24, 2.45) is 0 Å². The summed E-state index contributed by atoms with van der Waals surface area (Å²) in [5.74, 6) is 1.20. The van der Waals surface area contributed by atoms with Crippen LogP contribution in [0.4, 0.5) is 0 Å². The first-order valence-electron chi connectivity index (χ1n) is 7.27. The van der Waals surface area contributed by atoms with Crippen LogP contribution in [0.1, 0.15) is 32.6 Å². The van der Waals surface area contributed by atoms with E-state index in [1.165, 1.54) is 31.4 Å². The number of nitrogens with one attached hydrogen (secondary N) is 1. The van der Waals surface area contributed by atoms with E-state index in [1.54, 1.807) is 0 Å². The molecule has 0 radical (unpaired) electrons. The maximum atomic E-state index is 6.13. The van der Waals surface area contributed by atoms with Crippen LogP contribution in [0.5, 0.6) is 0 Å². The molecule has 2 rings (SSSR count). The second-order valence-electron chi connectivity index (χ2n) is 5.88. The van der Waals surface area contributed by atoms with Crippen LogP contribution in [0.2, 0.25) is 0 Å². The van der Waals surface area contributed by atoms with Gasteiger partial charge in [0.15, 0.2) is 0 Å². The molecule has 2 fully saturated rings. The normalized spacial score (nSPS) is 30.0. The number of rotatable bonds is 8. The molecule has 0 aromatic rings. The molecule has 2 aliphatic rings. The van der Waals surface area contributed by atoms with Crippen molar-refractivity contribution in [2.75, 3.05) is 32.1 Å². The lowest BCUT2D eigenvalue weighted by molar-refractivity contribution is 0.0233. The molecular weight excluding hydrogens is 244 g/mol. The van der Waals surface area contributed by atoms with Gasteiger partial charge in [-0.15, -0.1) is 0 Å². The molecular formula is C14H28N2OS. The van der Waals surface area contributed by atoms with E-state index in [9.17, 15) is 0 Å². The Balaban J connectivity index is 1.61. The Bertz CT molecular complexity index is 248. The van der Waals surface area contributed by atoms with Gasteiger partial charge < -0.3 is 15.0 Å². The number of nitrogens with zero attached hydrogens (tertiary/aromatic N) is 1. The van der Waals surface area contributed by atoms with E-state index in [0.29, 0.717) is 18.2 Å². The predicted octanol–water partition coefficient (Wildman–Crippen LogP) is 1.97. The number of thioether (sulfide) groups is 1. The fraction of sp³-hybridized carbons (Fsp3) is 1.00. The summed E-state index contributed by atoms with van der Waals surface area (Å²) < 4.78 is 6.13. The molecule has 3 unspecified atom stereocenters. The van der Waals surface area contributed by atoms with Crippen LogP contribution < -0.4 is 5.32 Å². The zero-order valence-electron chi connectivity index (χ0n) is 12.0. The van der Waals surface area contributed by atoms with Crippen LogP contribution in [0.3, 0.4) is 0 Å². The third-order valence-electron chi connectivity index (χ3n) is 4.06. The van der Waals surface area contributed by atoms with Crippen LogP contribution in [-0.4, -0.2) is 61.3 Å². The van der Waals surface area contributed by atoms with Crippen molar-refractivity contribution in [1.82, 2.24) is 10.2 Å². The first-order chi connectivity index (χ1) is 8.69. The third-order valence-corrected chi connectivity index (χ3v) is 4.87. The van der Waals surface area contributed by atoms with Crippen LogP contribution in [0.25, 0.3) is 0 Å². The van der Waals surface area contributed by atoms with E-state index >= 15 is 0 Å². The Morgan fingerprint density at radius 1 is 1.28 bits per heavy atom. The summed E-state index contributed by atoms with van der Waals surface area (Å²) in [5.41, 5.74) is 0. The van der Waals surface area contributed by atoms with E-state index in [2.05, 4.69) is 30.4 Å². The van der Waals surface area contributed by atoms with Crippen molar-refractivity contribution < 1.29 is 4.74 Å². The summed E-state index contributed by atoms with van der Waals surface area (Å²) in [5, 5.41) is 3.57. The molecule has 0 aromatic heterocycles. The van der Waals surface area contributed by atoms with Gasteiger partial charge in [0.1, 0.15) is 0 Å². The van der Waals surface area contributed by atoms with Gasteiger partial charge in [-0.05, 0) is 45.9 Å². The van der Waals surface area contributed by atoms with Crippen molar-refractivity contribution >= 4 is 11.8 Å². The molecule has 1 aliphatic carbocycles. The zero-order valence-corrected chi connectivity index (χ0v) is 12.8. The maximum Gasteiger partial charge on any atom is 0.0707 e. The molecule has 0 aromatic carbocycles. The van der Waals surface area contributed by atoms with Crippen molar-refractivity contribution in [3.63, 3.8) is 0 Å². The van der Waals surface area contributed by atoms with Gasteiger partial charge in [-0.25, -0.2) is 0 Å². The molecule has 3 nitrogen and oxygen atoms in total. The zero-order chi connectivity index (χ0) is 13.0. The monoisotopic (exact) mass is 272 g/mol. The molecule has 4 heteroatoms. The molecule has 1 saturated carbocycles. The minimum atomic E-state index is 0.449. The van der Waals surface area contributed by atoms with Crippen molar-refractivity contribution in [2.45, 2.75) is 56.9 Å². The lowest BCUT2D eigenvalue weighted by Crippen LogP contribution is -2.38. The SMILES string of the molecule is CSCC(C)N(C)CC1CCC(CNC2CC2)O1. The molecule has 106 valence electrons. The molecule has 1 N–H and O–H groups in total. The molecule has 18 heavy (non-hydrogen) atoms. The Hall–Kier alpha value is 0.230. The van der Waals surface area contributed by atoms with Crippen LogP contribution in [-0.2, 0) is 4.74 Å². The van der Waals surface area contributed by atoms with Gasteiger partial charge in [-0.3, -0.25) is 0 Å². The molecule has 0 bridgehead atoms. The van der Waals surface area contributed by atoms with Crippen molar-refractivity contribution in [1.29, 1.82) is 0 Å². The molecule has 3 atom stereocenters. The van der Waals surface area contributed by atoms with E-state index < -0.39 is 0 Å². The van der Waals surface area contributed by atoms with E-state index in [1.807, 2.05) is 11.8 Å². The topological polar surface area (TPSA) is 24.5 Å². The summed E-state index contributed by atoms with van der Waals surface area (Å²) in [6.45, 7) is 4.45. The maximum absolute atomic E-state index is 6.13. The fourth-order valence-electron chi connectivity index (χ4n) is 2.52. The Kier molecular flexibility index (Phi) is 5.80. The predicted molar refractivity (Wildman–Crippen MR) is 79.4 cm³/mol. The van der Waals surface area contributed by atoms with E-state index in [4.69, 9.17) is 4.74 Å². The van der Waals surface area contributed by atoms with Crippen molar-refractivity contribution in [3.8, 4) is 0 Å². The smallest absolute Gasteiger partial charge is 0.0707 e. The third kappa shape index (κ3) is 4.72. The quantitative estimate of drug-likeness (QED) is 0.730. The summed E-state index contributed by atoms with van der Waals surface area (Å²) in [6, 6.07) is 1.45. The minimum absolute atomic E-state index is 0.449. The minimum Gasteiger partial charge on any atom is -0.372 e. The Morgan fingerprint density at radius 3 is 2.67 bits per heavy atom. The lowest BCUT2D eigenvalue weighted by Gasteiger charge is -2.27. The lowest BCUT2D eigenvalue weighted by atomic mass is 10.2. The van der Waals surface area contributed by atoms with Crippen LogP contribution in [0.15, 0.2) is 0 Å². The average Bonchev–Trinajstić information content (AvgIpc) is 3.08. The van der Waals surface area contributed by atoms with Crippen LogP contribution >= 0.6 is 11.8 Å². The van der Waals surface area contributed by atoms with Gasteiger partial charge >= 0.3 is 0 Å². The number of ether oxygens (including phenoxy) is 1. The molecule has 1 aliphatic heterocycles. The highest BCUT2D eigenvalue weighted by Gasteiger charge is 2.29. The van der Waals surface area contributed by atoms with Crippen LogP contribution in [0, 0.1) is 0 Å². The Labute approximate surface area is 116 Å². The summed E-state index contributed by atoms with van der Waals surface area (Å²) >= 11 is 1.92. The highest BCUT2D eigenvalue weighted by atomic mass is 32.2. The van der Waals surface area contributed by atoms with Gasteiger partial charge in [0.25, 0.3) is 0 Å². The van der Waals surface area contributed by atoms with Gasteiger partial charge in [0.2, 0.25) is 0 Å². The largest absolute Gasteiger partial charge is 0.372 e. The second-order valence-corrected chi connectivity index (χ2v) is 6.79. The van der Waals surface area contributed by atoms with Gasteiger partial charge in [-0.1, -0.05) is 0 Å². The number of likely N-dealkylation sites (N-methyl/N-ethyl adjacent to an activating group) is 1. The highest BCUT2D eigenvalue weighted by Crippen LogP contribution is 2.23. The van der Waals surface area contributed by atoms with Gasteiger partial charge in [0, 0.05) is 30.9 Å². The second kappa shape index (κ2) is 7.13. The molecule has 0 spiro atoms. The fourth-order valence-corrected chi connectivity index (χ4v) is 3.26. The van der Waals surface area contributed by atoms with E-state index in [-0.39, 0.29) is 0 Å². The average molecular weight is 272 g/mol. The Morgan fingerprint density at radius 2 is 2.00 bits per heavy atom. The molecule has 1 saturated heterocycles. The van der Waals surface area contributed by atoms with E-state index in [0.717, 1.165) is 19.1 Å². The molecule has 0 amide bonds. The number of hydrogen-bond acceptors (Lipinski definition) is 4. The standard InChI is InChI=1S/C14H28N2OS/c1-11(10-18-3)16(2)9-14-7-6-13(17-14)8-15-12-4-5-12/h11-15H,4-10H2,1-3H3. The van der Waals surface area contributed by atoms with Crippen molar-refractivity contribution in [3.05, 3.63) is 0 Å². The first-order valence-corrected chi connectivity index (χ1v) is 8.66. The first kappa shape index (κ1) is 14.6. The summed E-state index contributed by atoms with van der Waals surface area (Å²) in [4.78, 5) is 2.44. The molecule has 1 heterocycles. The number of hydrogen-bond donors (Lipinski definition) is 1. The summed E-state index contributed by atoms with van der Waals surface area (Å²) in [7, 11) is 2.22.